The Bertz CT molecular complexity index is 952. The van der Waals surface area contributed by atoms with Crippen molar-refractivity contribution in [3.8, 4) is 5.75 Å². The summed E-state index contributed by atoms with van der Waals surface area (Å²) in [6.45, 7) is 2.77. The number of carbonyl (C=O) groups excluding carboxylic acids is 2. The first kappa shape index (κ1) is 22.3. The SMILES string of the molecule is COc1ccc(CN2CC3(CCC2=O)CCN(C(=O)CCc2ccccc2F)CC3)cc1. The van der Waals surface area contributed by atoms with E-state index in [1.807, 2.05) is 34.1 Å². The Labute approximate surface area is 189 Å². The van der Waals surface area contributed by atoms with E-state index in [1.54, 1.807) is 25.3 Å². The lowest BCUT2D eigenvalue weighted by atomic mass is 9.72. The summed E-state index contributed by atoms with van der Waals surface area (Å²) in [5.41, 5.74) is 1.77. The number of amides is 2. The summed E-state index contributed by atoms with van der Waals surface area (Å²) in [6, 6.07) is 14.5. The Morgan fingerprint density at radius 3 is 2.47 bits per heavy atom. The van der Waals surface area contributed by atoms with Gasteiger partial charge in [-0.3, -0.25) is 9.59 Å². The molecule has 4 rings (SSSR count). The van der Waals surface area contributed by atoms with E-state index in [9.17, 15) is 14.0 Å². The quantitative estimate of drug-likeness (QED) is 0.679. The third kappa shape index (κ3) is 5.12. The van der Waals surface area contributed by atoms with Gasteiger partial charge in [-0.05, 0) is 60.4 Å². The summed E-state index contributed by atoms with van der Waals surface area (Å²) < 4.78 is 19.0. The van der Waals surface area contributed by atoms with Crippen LogP contribution < -0.4 is 4.74 Å². The molecule has 0 atom stereocenters. The number of likely N-dealkylation sites (tertiary alicyclic amines) is 2. The van der Waals surface area contributed by atoms with E-state index >= 15 is 0 Å². The van der Waals surface area contributed by atoms with Gasteiger partial charge in [0.2, 0.25) is 11.8 Å². The molecule has 5 nitrogen and oxygen atoms in total. The van der Waals surface area contributed by atoms with Gasteiger partial charge in [-0.2, -0.15) is 0 Å². The Morgan fingerprint density at radius 1 is 1.06 bits per heavy atom. The number of aryl methyl sites for hydroxylation is 1. The molecule has 2 aromatic carbocycles. The lowest BCUT2D eigenvalue weighted by molar-refractivity contribution is -0.143. The molecule has 0 radical (unpaired) electrons. The minimum atomic E-state index is -0.248. The van der Waals surface area contributed by atoms with Gasteiger partial charge >= 0.3 is 0 Å². The molecule has 32 heavy (non-hydrogen) atoms. The van der Waals surface area contributed by atoms with E-state index in [-0.39, 0.29) is 23.0 Å². The Morgan fingerprint density at radius 2 is 1.78 bits per heavy atom. The second kappa shape index (κ2) is 9.72. The summed E-state index contributed by atoms with van der Waals surface area (Å²) in [6.07, 6.45) is 4.03. The van der Waals surface area contributed by atoms with Crippen LogP contribution >= 0.6 is 0 Å². The van der Waals surface area contributed by atoms with E-state index in [0.29, 0.717) is 44.5 Å². The van der Waals surface area contributed by atoms with Gasteiger partial charge in [-0.25, -0.2) is 4.39 Å². The van der Waals surface area contributed by atoms with Gasteiger partial charge in [0.05, 0.1) is 7.11 Å². The van der Waals surface area contributed by atoms with Crippen molar-refractivity contribution in [3.05, 3.63) is 65.5 Å². The molecule has 2 heterocycles. The topological polar surface area (TPSA) is 49.9 Å². The monoisotopic (exact) mass is 438 g/mol. The molecule has 170 valence electrons. The molecule has 2 aliphatic heterocycles. The van der Waals surface area contributed by atoms with E-state index in [0.717, 1.165) is 37.1 Å². The zero-order chi connectivity index (χ0) is 22.6. The molecule has 0 aliphatic carbocycles. The van der Waals surface area contributed by atoms with Crippen LogP contribution in [0, 0.1) is 11.2 Å². The highest BCUT2D eigenvalue weighted by molar-refractivity contribution is 5.78. The predicted molar refractivity (Wildman–Crippen MR) is 121 cm³/mol. The molecule has 6 heteroatoms. The molecule has 2 aromatic rings. The number of hydrogen-bond donors (Lipinski definition) is 0. The largest absolute Gasteiger partial charge is 0.497 e. The Hall–Kier alpha value is -2.89. The summed E-state index contributed by atoms with van der Waals surface area (Å²) in [5, 5.41) is 0. The smallest absolute Gasteiger partial charge is 0.222 e. The van der Waals surface area contributed by atoms with Gasteiger partial charge in [-0.1, -0.05) is 30.3 Å². The molecule has 2 amide bonds. The van der Waals surface area contributed by atoms with Crippen molar-refractivity contribution in [3.63, 3.8) is 0 Å². The normalized spacial score (nSPS) is 18.1. The summed E-state index contributed by atoms with van der Waals surface area (Å²) in [4.78, 5) is 29.2. The van der Waals surface area contributed by atoms with E-state index in [1.165, 1.54) is 6.07 Å². The maximum absolute atomic E-state index is 13.8. The maximum atomic E-state index is 13.8. The van der Waals surface area contributed by atoms with Crippen molar-refractivity contribution in [2.45, 2.75) is 45.1 Å². The molecule has 2 aliphatic rings. The summed E-state index contributed by atoms with van der Waals surface area (Å²) in [7, 11) is 1.64. The number of benzene rings is 2. The maximum Gasteiger partial charge on any atom is 0.222 e. The van der Waals surface area contributed by atoms with E-state index in [2.05, 4.69) is 0 Å². The van der Waals surface area contributed by atoms with Crippen LogP contribution in [0.1, 0.15) is 43.2 Å². The van der Waals surface area contributed by atoms with Crippen molar-refractivity contribution in [1.29, 1.82) is 0 Å². The highest BCUT2D eigenvalue weighted by Gasteiger charge is 2.41. The van der Waals surface area contributed by atoms with Gasteiger partial charge < -0.3 is 14.5 Å². The van der Waals surface area contributed by atoms with Gasteiger partial charge in [0.25, 0.3) is 0 Å². The second-order valence-corrected chi connectivity index (χ2v) is 9.07. The molecule has 1 spiro atoms. The van der Waals surface area contributed by atoms with Crippen molar-refractivity contribution in [2.75, 3.05) is 26.7 Å². The second-order valence-electron chi connectivity index (χ2n) is 9.07. The summed E-state index contributed by atoms with van der Waals surface area (Å²) >= 11 is 0. The highest BCUT2D eigenvalue weighted by Crippen LogP contribution is 2.40. The number of piperidine rings is 2. The van der Waals surface area contributed by atoms with Gasteiger partial charge in [0.1, 0.15) is 11.6 Å². The summed E-state index contributed by atoms with van der Waals surface area (Å²) in [5.74, 6) is 0.851. The first-order valence-electron chi connectivity index (χ1n) is 11.4. The van der Waals surface area contributed by atoms with E-state index in [4.69, 9.17) is 4.74 Å². The first-order chi connectivity index (χ1) is 15.5. The average molecular weight is 439 g/mol. The zero-order valence-corrected chi connectivity index (χ0v) is 18.7. The van der Waals surface area contributed by atoms with Crippen LogP contribution in [0.15, 0.2) is 48.5 Å². The molecule has 0 N–H and O–H groups in total. The molecule has 2 saturated heterocycles. The molecular weight excluding hydrogens is 407 g/mol. The first-order valence-corrected chi connectivity index (χ1v) is 11.4. The minimum Gasteiger partial charge on any atom is -0.497 e. The van der Waals surface area contributed by atoms with Crippen LogP contribution in [0.3, 0.4) is 0 Å². The number of hydrogen-bond acceptors (Lipinski definition) is 3. The average Bonchev–Trinajstić information content (AvgIpc) is 2.82. The number of rotatable bonds is 6. The number of carbonyl (C=O) groups is 2. The van der Waals surface area contributed by atoms with Crippen LogP contribution in [0.25, 0.3) is 0 Å². The van der Waals surface area contributed by atoms with Crippen LogP contribution in [-0.4, -0.2) is 48.4 Å². The predicted octanol–water partition coefficient (Wildman–Crippen LogP) is 4.20. The fraction of sp³-hybridized carbons (Fsp3) is 0.462. The number of nitrogens with zero attached hydrogens (tertiary/aromatic N) is 2. The third-order valence-electron chi connectivity index (χ3n) is 7.02. The van der Waals surface area contributed by atoms with E-state index < -0.39 is 0 Å². The minimum absolute atomic E-state index is 0.0860. The lowest BCUT2D eigenvalue weighted by Gasteiger charge is -2.47. The van der Waals surface area contributed by atoms with Gasteiger partial charge in [-0.15, -0.1) is 0 Å². The van der Waals surface area contributed by atoms with Crippen molar-refractivity contribution in [2.24, 2.45) is 5.41 Å². The Kier molecular flexibility index (Phi) is 6.77. The van der Waals surface area contributed by atoms with Crippen molar-refractivity contribution in [1.82, 2.24) is 9.80 Å². The van der Waals surface area contributed by atoms with Gasteiger partial charge in [0.15, 0.2) is 0 Å². The van der Waals surface area contributed by atoms with Crippen LogP contribution in [0.2, 0.25) is 0 Å². The number of ether oxygens (including phenoxy) is 1. The van der Waals surface area contributed by atoms with Crippen molar-refractivity contribution >= 4 is 11.8 Å². The van der Waals surface area contributed by atoms with Crippen LogP contribution in [0.4, 0.5) is 4.39 Å². The van der Waals surface area contributed by atoms with Gasteiger partial charge in [0, 0.05) is 39.0 Å². The molecule has 0 unspecified atom stereocenters. The molecule has 0 bridgehead atoms. The van der Waals surface area contributed by atoms with Crippen LogP contribution in [0.5, 0.6) is 5.75 Å². The molecule has 0 aromatic heterocycles. The van der Waals surface area contributed by atoms with Crippen LogP contribution in [-0.2, 0) is 22.6 Å². The molecule has 2 fully saturated rings. The fourth-order valence-electron chi connectivity index (χ4n) is 4.94. The fourth-order valence-corrected chi connectivity index (χ4v) is 4.94. The zero-order valence-electron chi connectivity index (χ0n) is 18.7. The highest BCUT2D eigenvalue weighted by atomic mass is 19.1. The molecule has 0 saturated carbocycles. The molecular formula is C26H31FN2O3. The number of halogens is 1. The standard InChI is InChI=1S/C26H31FN2O3/c1-32-22-9-6-20(7-10-22)18-29-19-26(13-12-25(29)31)14-16-28(17-15-26)24(30)11-8-21-4-2-3-5-23(21)27/h2-7,9-10H,8,11-19H2,1H3. The number of methoxy groups -OCH3 is 1. The Balaban J connectivity index is 1.31. The third-order valence-corrected chi connectivity index (χ3v) is 7.02. The lowest BCUT2D eigenvalue weighted by Crippen LogP contribution is -2.52. The van der Waals surface area contributed by atoms with Crippen molar-refractivity contribution < 1.29 is 18.7 Å².